The van der Waals surface area contributed by atoms with Crippen molar-refractivity contribution in [2.75, 3.05) is 56.1 Å². The van der Waals surface area contributed by atoms with Crippen LogP contribution in [0, 0.1) is 12.0 Å². The standard InChI is InChI=1S/C22H26F3N4/c1-16-14-29(21-6-4-3-5-20(21)22(23,24)25)15-19(16)17-11-18(13-26-12-17)28-9-7-27(2)8-10-28/h4-6,11-13,16,19H,7-10,14-15H2,1-2H3. The molecule has 1 aromatic carbocycles. The molecule has 0 bridgehead atoms. The molecule has 0 amide bonds. The Morgan fingerprint density at radius 3 is 2.55 bits per heavy atom. The molecule has 3 heterocycles. The van der Waals surface area contributed by atoms with Crippen molar-refractivity contribution >= 4 is 11.4 Å². The largest absolute Gasteiger partial charge is 0.418 e. The summed E-state index contributed by atoms with van der Waals surface area (Å²) in [6.07, 6.45) is -0.619. The molecule has 1 aromatic heterocycles. The second-order valence-corrected chi connectivity index (χ2v) is 8.20. The van der Waals surface area contributed by atoms with Crippen LogP contribution in [0.4, 0.5) is 24.5 Å². The number of halogens is 3. The predicted octanol–water partition coefficient (Wildman–Crippen LogP) is 3.89. The van der Waals surface area contributed by atoms with E-state index in [4.69, 9.17) is 0 Å². The van der Waals surface area contributed by atoms with Crippen molar-refractivity contribution in [2.24, 2.45) is 5.92 Å². The number of hydrogen-bond donors (Lipinski definition) is 0. The van der Waals surface area contributed by atoms with Crippen LogP contribution in [0.2, 0.25) is 0 Å². The number of benzene rings is 1. The number of pyridine rings is 1. The Balaban J connectivity index is 1.55. The summed E-state index contributed by atoms with van der Waals surface area (Å²) in [6.45, 7) is 7.22. The molecule has 0 N–H and O–H groups in total. The maximum absolute atomic E-state index is 13.4. The molecule has 2 fully saturated rings. The molecular weight excluding hydrogens is 377 g/mol. The zero-order valence-electron chi connectivity index (χ0n) is 16.8. The quantitative estimate of drug-likeness (QED) is 0.776. The molecule has 4 rings (SSSR count). The van der Waals surface area contributed by atoms with Crippen LogP contribution in [0.15, 0.2) is 36.7 Å². The van der Waals surface area contributed by atoms with Gasteiger partial charge >= 0.3 is 6.18 Å². The Morgan fingerprint density at radius 1 is 1.07 bits per heavy atom. The van der Waals surface area contributed by atoms with E-state index in [1.807, 2.05) is 17.3 Å². The number of nitrogens with zero attached hydrogens (tertiary/aromatic N) is 4. The molecular formula is C22H26F3N4. The van der Waals surface area contributed by atoms with Gasteiger partial charge in [0, 0.05) is 57.1 Å². The fraction of sp³-hybridized carbons (Fsp3) is 0.500. The summed E-state index contributed by atoms with van der Waals surface area (Å²) < 4.78 is 40.3. The molecule has 7 heteroatoms. The normalized spacial score (nSPS) is 23.6. The van der Waals surface area contributed by atoms with Gasteiger partial charge in [0.2, 0.25) is 0 Å². The van der Waals surface area contributed by atoms with Crippen LogP contribution < -0.4 is 9.80 Å². The van der Waals surface area contributed by atoms with E-state index in [2.05, 4.69) is 40.9 Å². The first-order valence-corrected chi connectivity index (χ1v) is 10.0. The van der Waals surface area contributed by atoms with Crippen LogP contribution >= 0.6 is 0 Å². The molecule has 29 heavy (non-hydrogen) atoms. The number of likely N-dealkylation sites (N-methyl/N-ethyl adjacent to an activating group) is 1. The van der Waals surface area contributed by atoms with Crippen molar-refractivity contribution in [3.8, 4) is 0 Å². The van der Waals surface area contributed by atoms with Gasteiger partial charge in [-0.25, -0.2) is 0 Å². The highest BCUT2D eigenvalue weighted by atomic mass is 19.4. The molecule has 2 unspecified atom stereocenters. The third-order valence-electron chi connectivity index (χ3n) is 6.14. The molecule has 1 radical (unpaired) electrons. The van der Waals surface area contributed by atoms with E-state index >= 15 is 0 Å². The molecule has 0 spiro atoms. The highest BCUT2D eigenvalue weighted by Crippen LogP contribution is 2.41. The second kappa shape index (κ2) is 7.86. The third-order valence-corrected chi connectivity index (χ3v) is 6.14. The molecule has 0 saturated carbocycles. The lowest BCUT2D eigenvalue weighted by Crippen LogP contribution is -2.44. The predicted molar refractivity (Wildman–Crippen MR) is 108 cm³/mol. The topological polar surface area (TPSA) is 22.6 Å². The van der Waals surface area contributed by atoms with Crippen molar-refractivity contribution in [2.45, 2.75) is 19.0 Å². The summed E-state index contributed by atoms with van der Waals surface area (Å²) in [6, 6.07) is 8.86. The van der Waals surface area contributed by atoms with Gasteiger partial charge in [0.15, 0.2) is 0 Å². The van der Waals surface area contributed by atoms with Crippen LogP contribution in [0.25, 0.3) is 0 Å². The summed E-state index contributed by atoms with van der Waals surface area (Å²) in [4.78, 5) is 11.0. The van der Waals surface area contributed by atoms with E-state index < -0.39 is 11.7 Å². The van der Waals surface area contributed by atoms with Gasteiger partial charge in [-0.3, -0.25) is 4.98 Å². The molecule has 2 aliphatic heterocycles. The Hall–Kier alpha value is -2.28. The summed E-state index contributed by atoms with van der Waals surface area (Å²) in [7, 11) is 2.12. The highest BCUT2D eigenvalue weighted by molar-refractivity contribution is 5.57. The second-order valence-electron chi connectivity index (χ2n) is 8.20. The average Bonchev–Trinajstić information content (AvgIpc) is 3.10. The van der Waals surface area contributed by atoms with Gasteiger partial charge in [-0.1, -0.05) is 13.0 Å². The maximum Gasteiger partial charge on any atom is 0.418 e. The molecule has 4 nitrogen and oxygen atoms in total. The monoisotopic (exact) mass is 403 g/mol. The zero-order valence-corrected chi connectivity index (χ0v) is 16.8. The molecule has 0 aliphatic carbocycles. The van der Waals surface area contributed by atoms with E-state index in [0.29, 0.717) is 13.1 Å². The van der Waals surface area contributed by atoms with Gasteiger partial charge in [0.1, 0.15) is 0 Å². The SMILES string of the molecule is CC1CN(c2cc[c]cc2C(F)(F)F)CC1c1cncc(N2CCN(C)CC2)c1. The first-order valence-electron chi connectivity index (χ1n) is 10.0. The Morgan fingerprint density at radius 2 is 1.83 bits per heavy atom. The zero-order chi connectivity index (χ0) is 20.6. The summed E-state index contributed by atoms with van der Waals surface area (Å²) in [5, 5.41) is 0. The fourth-order valence-electron chi connectivity index (χ4n) is 4.41. The van der Waals surface area contributed by atoms with Gasteiger partial charge in [-0.2, -0.15) is 13.2 Å². The van der Waals surface area contributed by atoms with Crippen LogP contribution in [0.3, 0.4) is 0 Å². The minimum atomic E-state index is -4.38. The van der Waals surface area contributed by atoms with Crippen LogP contribution in [0.1, 0.15) is 24.0 Å². The van der Waals surface area contributed by atoms with E-state index in [0.717, 1.165) is 43.5 Å². The van der Waals surface area contributed by atoms with Crippen molar-refractivity contribution in [1.29, 1.82) is 0 Å². The first-order chi connectivity index (χ1) is 13.8. The lowest BCUT2D eigenvalue weighted by molar-refractivity contribution is -0.137. The van der Waals surface area contributed by atoms with Gasteiger partial charge in [0.05, 0.1) is 17.4 Å². The number of aromatic nitrogens is 1. The number of rotatable bonds is 3. The molecule has 2 atom stereocenters. The lowest BCUT2D eigenvalue weighted by Gasteiger charge is -2.34. The lowest BCUT2D eigenvalue weighted by atomic mass is 9.91. The van der Waals surface area contributed by atoms with E-state index in [1.165, 1.54) is 6.07 Å². The van der Waals surface area contributed by atoms with Crippen LogP contribution in [0.5, 0.6) is 0 Å². The number of hydrogen-bond acceptors (Lipinski definition) is 4. The van der Waals surface area contributed by atoms with Gasteiger partial charge in [0.25, 0.3) is 0 Å². The molecule has 155 valence electrons. The molecule has 2 aromatic rings. The molecule has 2 saturated heterocycles. The Kier molecular flexibility index (Phi) is 5.42. The van der Waals surface area contributed by atoms with Gasteiger partial charge in [-0.05, 0) is 42.8 Å². The summed E-state index contributed by atoms with van der Waals surface area (Å²) in [5.41, 5.74) is 1.84. The third kappa shape index (κ3) is 4.20. The first kappa shape index (κ1) is 20.0. The van der Waals surface area contributed by atoms with E-state index in [9.17, 15) is 13.2 Å². The van der Waals surface area contributed by atoms with Crippen molar-refractivity contribution in [3.63, 3.8) is 0 Å². The Labute approximate surface area is 169 Å². The number of piperazine rings is 1. The highest BCUT2D eigenvalue weighted by Gasteiger charge is 2.38. The van der Waals surface area contributed by atoms with Gasteiger partial charge in [-0.15, -0.1) is 0 Å². The minimum absolute atomic E-state index is 0.153. The van der Waals surface area contributed by atoms with Crippen molar-refractivity contribution < 1.29 is 13.2 Å². The van der Waals surface area contributed by atoms with E-state index in [1.54, 1.807) is 6.07 Å². The average molecular weight is 403 g/mol. The maximum atomic E-state index is 13.4. The summed E-state index contributed by atoms with van der Waals surface area (Å²) in [5.74, 6) is 0.394. The van der Waals surface area contributed by atoms with Crippen LogP contribution in [-0.2, 0) is 6.18 Å². The number of anilines is 2. The Bertz CT molecular complexity index is 846. The minimum Gasteiger partial charge on any atom is -0.370 e. The number of alkyl halides is 3. The smallest absolute Gasteiger partial charge is 0.370 e. The van der Waals surface area contributed by atoms with Crippen molar-refractivity contribution in [1.82, 2.24) is 9.88 Å². The van der Waals surface area contributed by atoms with Crippen molar-refractivity contribution in [3.05, 3.63) is 53.9 Å². The summed E-state index contributed by atoms with van der Waals surface area (Å²) >= 11 is 0. The molecule has 2 aliphatic rings. The fourth-order valence-corrected chi connectivity index (χ4v) is 4.41. The van der Waals surface area contributed by atoms with Crippen LogP contribution in [-0.4, -0.2) is 56.2 Å². The van der Waals surface area contributed by atoms with E-state index in [-0.39, 0.29) is 17.5 Å². The van der Waals surface area contributed by atoms with Gasteiger partial charge < -0.3 is 14.7 Å².